The second kappa shape index (κ2) is 6.52. The maximum absolute atomic E-state index is 12.7. The number of fused-ring (bicyclic) bond motifs is 1. The van der Waals surface area contributed by atoms with Crippen LogP contribution in [0.5, 0.6) is 5.75 Å². The first-order chi connectivity index (χ1) is 11.5. The molecule has 1 aliphatic heterocycles. The lowest BCUT2D eigenvalue weighted by Crippen LogP contribution is -2.39. The predicted molar refractivity (Wildman–Crippen MR) is 90.3 cm³/mol. The standard InChI is InChI=1S/C16H17ClN4O3/c1-2-24-13-4-3-9(7-11(13)17)15(23)21-6-5-10-12(8-21)19-16(18)20-14(10)22/h3-4,7H,2,5-6,8H2,1H3,(H3,18,19,20,22). The number of hydrogen-bond donors (Lipinski definition) is 2. The SMILES string of the molecule is CCOc1ccc(C(=O)N2CCc3c(nc(N)[nH]c3=O)C2)cc1Cl. The molecule has 24 heavy (non-hydrogen) atoms. The number of halogens is 1. The van der Waals surface area contributed by atoms with Crippen molar-refractivity contribution in [3.05, 3.63) is 50.4 Å². The Hall–Kier alpha value is -2.54. The third kappa shape index (κ3) is 3.07. The molecule has 0 spiro atoms. The van der Waals surface area contributed by atoms with Crippen LogP contribution in [0.25, 0.3) is 0 Å². The van der Waals surface area contributed by atoms with Gasteiger partial charge in [-0.2, -0.15) is 0 Å². The number of nitrogens with zero attached hydrogens (tertiary/aromatic N) is 2. The molecule has 0 fully saturated rings. The highest BCUT2D eigenvalue weighted by atomic mass is 35.5. The van der Waals surface area contributed by atoms with Crippen molar-refractivity contribution in [3.63, 3.8) is 0 Å². The molecule has 0 saturated carbocycles. The third-order valence-electron chi connectivity index (χ3n) is 3.86. The quantitative estimate of drug-likeness (QED) is 0.877. The first-order valence-electron chi connectivity index (χ1n) is 7.58. The van der Waals surface area contributed by atoms with Crippen LogP contribution in [0.3, 0.4) is 0 Å². The van der Waals surface area contributed by atoms with Gasteiger partial charge in [0, 0.05) is 17.7 Å². The summed E-state index contributed by atoms with van der Waals surface area (Å²) in [7, 11) is 0. The second-order valence-corrected chi connectivity index (χ2v) is 5.84. The zero-order valence-corrected chi connectivity index (χ0v) is 13.9. The van der Waals surface area contributed by atoms with E-state index in [9.17, 15) is 9.59 Å². The highest BCUT2D eigenvalue weighted by Gasteiger charge is 2.25. The molecular weight excluding hydrogens is 332 g/mol. The summed E-state index contributed by atoms with van der Waals surface area (Å²) in [6, 6.07) is 4.94. The highest BCUT2D eigenvalue weighted by Crippen LogP contribution is 2.26. The number of H-pyrrole nitrogens is 1. The van der Waals surface area contributed by atoms with Crippen LogP contribution in [-0.4, -0.2) is 33.9 Å². The van der Waals surface area contributed by atoms with Crippen molar-refractivity contribution in [2.45, 2.75) is 19.9 Å². The zero-order chi connectivity index (χ0) is 17.3. The van der Waals surface area contributed by atoms with Crippen LogP contribution < -0.4 is 16.0 Å². The number of nitrogens with two attached hydrogens (primary N) is 1. The van der Waals surface area contributed by atoms with E-state index in [1.165, 1.54) is 0 Å². The number of anilines is 1. The van der Waals surface area contributed by atoms with Gasteiger partial charge in [0.2, 0.25) is 5.95 Å². The molecular formula is C16H17ClN4O3. The van der Waals surface area contributed by atoms with Crippen LogP contribution in [0.1, 0.15) is 28.5 Å². The Morgan fingerprint density at radius 2 is 2.29 bits per heavy atom. The maximum Gasteiger partial charge on any atom is 0.255 e. The number of hydrogen-bond acceptors (Lipinski definition) is 5. The number of rotatable bonds is 3. The average molecular weight is 349 g/mol. The van der Waals surface area contributed by atoms with Gasteiger partial charge < -0.3 is 15.4 Å². The van der Waals surface area contributed by atoms with Crippen molar-refractivity contribution in [2.24, 2.45) is 0 Å². The Bertz CT molecular complexity index is 850. The van der Waals surface area contributed by atoms with Crippen LogP contribution in [0.2, 0.25) is 5.02 Å². The molecule has 1 aliphatic rings. The van der Waals surface area contributed by atoms with Gasteiger partial charge in [-0.3, -0.25) is 14.6 Å². The van der Waals surface area contributed by atoms with Gasteiger partial charge in [0.05, 0.1) is 23.9 Å². The van der Waals surface area contributed by atoms with Gasteiger partial charge in [-0.25, -0.2) is 4.98 Å². The smallest absolute Gasteiger partial charge is 0.255 e. The molecule has 2 heterocycles. The van der Waals surface area contributed by atoms with Crippen molar-refractivity contribution >= 4 is 23.5 Å². The first kappa shape index (κ1) is 16.3. The van der Waals surface area contributed by atoms with E-state index in [1.54, 1.807) is 23.1 Å². The monoisotopic (exact) mass is 348 g/mol. The van der Waals surface area contributed by atoms with Crippen molar-refractivity contribution in [3.8, 4) is 5.75 Å². The fourth-order valence-electron chi connectivity index (χ4n) is 2.72. The zero-order valence-electron chi connectivity index (χ0n) is 13.1. The third-order valence-corrected chi connectivity index (χ3v) is 4.15. The molecule has 3 N–H and O–H groups in total. The van der Waals surface area contributed by atoms with E-state index in [0.717, 1.165) is 0 Å². The average Bonchev–Trinajstić information content (AvgIpc) is 2.55. The molecule has 1 aromatic carbocycles. The number of benzene rings is 1. The molecule has 0 saturated heterocycles. The fraction of sp³-hybridized carbons (Fsp3) is 0.312. The van der Waals surface area contributed by atoms with E-state index >= 15 is 0 Å². The van der Waals surface area contributed by atoms with Gasteiger partial charge in [-0.15, -0.1) is 0 Å². The summed E-state index contributed by atoms with van der Waals surface area (Å²) >= 11 is 6.14. The van der Waals surface area contributed by atoms with Crippen molar-refractivity contribution in [1.82, 2.24) is 14.9 Å². The lowest BCUT2D eigenvalue weighted by Gasteiger charge is -2.27. The fourth-order valence-corrected chi connectivity index (χ4v) is 2.96. The van der Waals surface area contributed by atoms with Gasteiger partial charge in [0.25, 0.3) is 11.5 Å². The van der Waals surface area contributed by atoms with Crippen molar-refractivity contribution in [2.75, 3.05) is 18.9 Å². The molecule has 2 aromatic rings. The predicted octanol–water partition coefficient (Wildman–Crippen LogP) is 1.60. The van der Waals surface area contributed by atoms with Gasteiger partial charge in [-0.05, 0) is 31.5 Å². The minimum absolute atomic E-state index is 0.0529. The van der Waals surface area contributed by atoms with E-state index < -0.39 is 0 Å². The van der Waals surface area contributed by atoms with Crippen LogP contribution >= 0.6 is 11.6 Å². The summed E-state index contributed by atoms with van der Waals surface area (Å²) < 4.78 is 5.37. The summed E-state index contributed by atoms with van der Waals surface area (Å²) in [6.07, 6.45) is 0.439. The topological polar surface area (TPSA) is 101 Å². The number of aromatic amines is 1. The Morgan fingerprint density at radius 3 is 3.00 bits per heavy atom. The van der Waals surface area contributed by atoms with Crippen molar-refractivity contribution < 1.29 is 9.53 Å². The van der Waals surface area contributed by atoms with Crippen LogP contribution in [0, 0.1) is 0 Å². The molecule has 8 heteroatoms. The summed E-state index contributed by atoms with van der Waals surface area (Å²) in [5, 5.41) is 0.388. The normalized spacial score (nSPS) is 13.5. The van der Waals surface area contributed by atoms with Crippen LogP contribution in [-0.2, 0) is 13.0 Å². The Labute approximate surface area is 143 Å². The molecule has 0 bridgehead atoms. The van der Waals surface area contributed by atoms with E-state index in [4.69, 9.17) is 22.1 Å². The van der Waals surface area contributed by atoms with Gasteiger partial charge in [0.15, 0.2) is 0 Å². The maximum atomic E-state index is 12.7. The lowest BCUT2D eigenvalue weighted by atomic mass is 10.1. The number of nitrogen functional groups attached to an aromatic ring is 1. The Balaban J connectivity index is 1.84. The number of carbonyl (C=O) groups is 1. The largest absolute Gasteiger partial charge is 0.492 e. The number of amides is 1. The minimum Gasteiger partial charge on any atom is -0.492 e. The van der Waals surface area contributed by atoms with Crippen LogP contribution in [0.4, 0.5) is 5.95 Å². The van der Waals surface area contributed by atoms with E-state index in [1.807, 2.05) is 6.92 Å². The molecule has 3 rings (SSSR count). The first-order valence-corrected chi connectivity index (χ1v) is 7.96. The van der Waals surface area contributed by atoms with Crippen molar-refractivity contribution in [1.29, 1.82) is 0 Å². The molecule has 0 radical (unpaired) electrons. The van der Waals surface area contributed by atoms with E-state index in [2.05, 4.69) is 9.97 Å². The minimum atomic E-state index is -0.242. The molecule has 126 valence electrons. The number of carbonyl (C=O) groups excluding carboxylic acids is 1. The van der Waals surface area contributed by atoms with Gasteiger partial charge >= 0.3 is 0 Å². The molecule has 0 atom stereocenters. The molecule has 1 amide bonds. The second-order valence-electron chi connectivity index (χ2n) is 5.43. The molecule has 1 aromatic heterocycles. The Kier molecular flexibility index (Phi) is 4.44. The van der Waals surface area contributed by atoms with Crippen LogP contribution in [0.15, 0.2) is 23.0 Å². The highest BCUT2D eigenvalue weighted by molar-refractivity contribution is 6.32. The molecule has 0 unspecified atom stereocenters. The lowest BCUT2D eigenvalue weighted by molar-refractivity contribution is 0.0731. The number of nitrogens with one attached hydrogen (secondary N) is 1. The number of aromatic nitrogens is 2. The molecule has 0 aliphatic carbocycles. The summed E-state index contributed by atoms with van der Waals surface area (Å²) in [5.74, 6) is 0.420. The summed E-state index contributed by atoms with van der Waals surface area (Å²) in [5.41, 5.74) is 6.92. The Morgan fingerprint density at radius 1 is 1.50 bits per heavy atom. The van der Waals surface area contributed by atoms with Gasteiger partial charge in [0.1, 0.15) is 5.75 Å². The summed E-state index contributed by atoms with van der Waals surface area (Å²) in [4.78, 5) is 32.8. The summed E-state index contributed by atoms with van der Waals surface area (Å²) in [6.45, 7) is 3.04. The number of ether oxygens (including phenoxy) is 1. The van der Waals surface area contributed by atoms with E-state index in [-0.39, 0.29) is 24.0 Å². The van der Waals surface area contributed by atoms with E-state index in [0.29, 0.717) is 47.2 Å². The van der Waals surface area contributed by atoms with Gasteiger partial charge in [-0.1, -0.05) is 11.6 Å². The molecule has 7 nitrogen and oxygen atoms in total.